The maximum absolute atomic E-state index is 13.5. The van der Waals surface area contributed by atoms with Crippen LogP contribution < -0.4 is 5.32 Å². The van der Waals surface area contributed by atoms with Gasteiger partial charge in [-0.15, -0.1) is 11.8 Å². The number of thioether (sulfide) groups is 1. The molecule has 6 atom stereocenters. The highest BCUT2D eigenvalue weighted by Crippen LogP contribution is 2.58. The summed E-state index contributed by atoms with van der Waals surface area (Å²) in [4.78, 5) is 13.4. The van der Waals surface area contributed by atoms with Crippen molar-refractivity contribution in [1.29, 1.82) is 0 Å². The molecule has 184 valence electrons. The van der Waals surface area contributed by atoms with E-state index in [0.717, 1.165) is 31.4 Å². The second kappa shape index (κ2) is 9.72. The zero-order chi connectivity index (χ0) is 24.8. The van der Waals surface area contributed by atoms with Gasteiger partial charge in [-0.1, -0.05) is 25.4 Å². The Hall–Kier alpha value is -1.74. The van der Waals surface area contributed by atoms with Gasteiger partial charge in [-0.2, -0.15) is 0 Å². The van der Waals surface area contributed by atoms with Crippen LogP contribution in [0.2, 0.25) is 5.02 Å². The fraction of sp³-hybridized carbons (Fsp3) is 0.480. The standard InChI is InChI=1S/C25H27ClF3NO3S/c1-12-5-15-7-17(10-18(12)25(15,33)13(2)11-31)34-22-6-14(3-4-19(22)26)24(32)30-16-8-20(27)23(29)21(28)9-16/h3-4,6,8-9,12-13,15,17-18,31,33H,5,7,10-11H2,1-2H3,(H,30,32)/t12-,13?,15?,17+,18+,25+/m0/s1. The van der Waals surface area contributed by atoms with Gasteiger partial charge in [0.25, 0.3) is 5.91 Å². The monoisotopic (exact) mass is 513 g/mol. The van der Waals surface area contributed by atoms with Gasteiger partial charge in [-0.05, 0) is 55.2 Å². The number of carbonyl (C=O) groups is 1. The number of benzene rings is 2. The molecule has 2 aromatic carbocycles. The summed E-state index contributed by atoms with van der Waals surface area (Å²) >= 11 is 7.96. The van der Waals surface area contributed by atoms with E-state index in [4.69, 9.17) is 11.6 Å². The van der Waals surface area contributed by atoms with Crippen molar-refractivity contribution in [3.8, 4) is 0 Å². The molecule has 2 aliphatic rings. The average Bonchev–Trinajstić information content (AvgIpc) is 2.92. The third-order valence-corrected chi connectivity index (χ3v) is 9.20. The Labute approximate surface area is 205 Å². The number of fused-ring (bicyclic) bond motifs is 2. The summed E-state index contributed by atoms with van der Waals surface area (Å²) in [5.41, 5.74) is -0.827. The molecule has 2 bridgehead atoms. The van der Waals surface area contributed by atoms with E-state index in [-0.39, 0.29) is 40.9 Å². The van der Waals surface area contributed by atoms with Crippen LogP contribution in [0, 0.1) is 41.1 Å². The van der Waals surface area contributed by atoms with Gasteiger partial charge in [0, 0.05) is 46.1 Å². The van der Waals surface area contributed by atoms with E-state index in [1.54, 1.807) is 23.9 Å². The van der Waals surface area contributed by atoms with E-state index >= 15 is 0 Å². The molecule has 2 fully saturated rings. The second-order valence-corrected chi connectivity index (χ2v) is 11.3. The van der Waals surface area contributed by atoms with Crippen LogP contribution in [0.3, 0.4) is 0 Å². The molecular formula is C25H27ClF3NO3S. The Morgan fingerprint density at radius 2 is 1.88 bits per heavy atom. The van der Waals surface area contributed by atoms with Gasteiger partial charge < -0.3 is 15.5 Å². The minimum absolute atomic E-state index is 0.0567. The molecule has 0 aromatic heterocycles. The Morgan fingerprint density at radius 3 is 2.50 bits per heavy atom. The van der Waals surface area contributed by atoms with Crippen molar-refractivity contribution in [1.82, 2.24) is 0 Å². The third-order valence-electron chi connectivity index (χ3n) is 7.45. The summed E-state index contributed by atoms with van der Waals surface area (Å²) in [5.74, 6) is -4.69. The maximum Gasteiger partial charge on any atom is 0.255 e. The number of hydrogen-bond acceptors (Lipinski definition) is 4. The topological polar surface area (TPSA) is 69.6 Å². The molecule has 2 unspecified atom stereocenters. The lowest BCUT2D eigenvalue weighted by Crippen LogP contribution is -2.52. The smallest absolute Gasteiger partial charge is 0.255 e. The molecule has 34 heavy (non-hydrogen) atoms. The van der Waals surface area contributed by atoms with Crippen LogP contribution in [0.1, 0.15) is 43.5 Å². The van der Waals surface area contributed by atoms with Crippen LogP contribution in [0.25, 0.3) is 0 Å². The summed E-state index contributed by atoms with van der Waals surface area (Å²) in [5, 5.41) is 24.2. The van der Waals surface area contributed by atoms with Gasteiger partial charge in [0.2, 0.25) is 0 Å². The Bertz CT molecular complexity index is 1080. The summed E-state index contributed by atoms with van der Waals surface area (Å²) in [6.07, 6.45) is 2.45. The number of aliphatic hydroxyl groups is 2. The zero-order valence-corrected chi connectivity index (χ0v) is 20.4. The fourth-order valence-electron chi connectivity index (χ4n) is 5.72. The highest BCUT2D eigenvalue weighted by molar-refractivity contribution is 8.00. The molecule has 0 saturated heterocycles. The van der Waals surface area contributed by atoms with Crippen LogP contribution in [-0.4, -0.2) is 33.6 Å². The van der Waals surface area contributed by atoms with Crippen LogP contribution in [0.5, 0.6) is 0 Å². The molecule has 3 N–H and O–H groups in total. The lowest BCUT2D eigenvalue weighted by Gasteiger charge is -2.46. The lowest BCUT2D eigenvalue weighted by molar-refractivity contribution is -0.115. The second-order valence-electron chi connectivity index (χ2n) is 9.55. The summed E-state index contributed by atoms with van der Waals surface area (Å²) < 4.78 is 40.1. The number of nitrogens with one attached hydrogen (secondary N) is 1. The lowest BCUT2D eigenvalue weighted by atomic mass is 9.67. The quantitative estimate of drug-likeness (QED) is 0.421. The average molecular weight is 514 g/mol. The SMILES string of the molecule is CC(CO)[C@@]1(O)C2C[C@@H](Sc3cc(C(=O)Nc4cc(F)c(F)c(F)c4)ccc3Cl)C[C@@H]1[C@@H](C)C2. The van der Waals surface area contributed by atoms with Gasteiger partial charge in [-0.3, -0.25) is 4.79 Å². The molecule has 9 heteroatoms. The van der Waals surface area contributed by atoms with Crippen LogP contribution in [-0.2, 0) is 0 Å². The van der Waals surface area contributed by atoms with E-state index in [1.165, 1.54) is 6.07 Å². The number of carbonyl (C=O) groups excluding carboxylic acids is 1. The molecule has 0 heterocycles. The van der Waals surface area contributed by atoms with E-state index < -0.39 is 29.0 Å². The molecule has 2 saturated carbocycles. The molecule has 0 radical (unpaired) electrons. The van der Waals surface area contributed by atoms with Crippen molar-refractivity contribution in [3.63, 3.8) is 0 Å². The predicted molar refractivity (Wildman–Crippen MR) is 127 cm³/mol. The molecule has 0 aliphatic heterocycles. The Balaban J connectivity index is 1.50. The third kappa shape index (κ3) is 4.57. The van der Waals surface area contributed by atoms with E-state index in [0.29, 0.717) is 15.8 Å². The van der Waals surface area contributed by atoms with Crippen molar-refractivity contribution in [2.45, 2.75) is 48.9 Å². The Kier molecular flexibility index (Phi) is 7.25. The fourth-order valence-corrected chi connectivity index (χ4v) is 7.34. The van der Waals surface area contributed by atoms with Crippen molar-refractivity contribution in [3.05, 3.63) is 58.4 Å². The number of amides is 1. The number of aliphatic hydroxyl groups excluding tert-OH is 1. The normalized spacial score (nSPS) is 29.2. The summed E-state index contributed by atoms with van der Waals surface area (Å²) in [7, 11) is 0. The molecule has 2 aliphatic carbocycles. The zero-order valence-electron chi connectivity index (χ0n) is 18.8. The van der Waals surface area contributed by atoms with Gasteiger partial charge in [0.15, 0.2) is 17.5 Å². The molecule has 4 rings (SSSR count). The predicted octanol–water partition coefficient (Wildman–Crippen LogP) is 5.90. The van der Waals surface area contributed by atoms with Gasteiger partial charge in [-0.25, -0.2) is 13.2 Å². The van der Waals surface area contributed by atoms with Crippen LogP contribution in [0.15, 0.2) is 35.2 Å². The number of halogens is 4. The van der Waals surface area contributed by atoms with Crippen molar-refractivity contribution < 1.29 is 28.2 Å². The van der Waals surface area contributed by atoms with Crippen LogP contribution in [0.4, 0.5) is 18.9 Å². The number of anilines is 1. The molecule has 4 nitrogen and oxygen atoms in total. The van der Waals surface area contributed by atoms with E-state index in [2.05, 4.69) is 12.2 Å². The van der Waals surface area contributed by atoms with E-state index in [9.17, 15) is 28.2 Å². The highest BCUT2D eigenvalue weighted by atomic mass is 35.5. The molecule has 2 aromatic rings. The van der Waals surface area contributed by atoms with Gasteiger partial charge in [0.1, 0.15) is 0 Å². The first kappa shape index (κ1) is 25.4. The first-order chi connectivity index (χ1) is 16.0. The molecule has 0 spiro atoms. The van der Waals surface area contributed by atoms with Crippen molar-refractivity contribution in [2.75, 3.05) is 11.9 Å². The summed E-state index contributed by atoms with van der Waals surface area (Å²) in [6, 6.07) is 6.16. The number of rotatable bonds is 6. The molecule has 1 amide bonds. The van der Waals surface area contributed by atoms with Crippen molar-refractivity contribution in [2.24, 2.45) is 23.7 Å². The Morgan fingerprint density at radius 1 is 1.21 bits per heavy atom. The first-order valence-corrected chi connectivity index (χ1v) is 12.6. The largest absolute Gasteiger partial charge is 0.396 e. The van der Waals surface area contributed by atoms with Crippen LogP contribution >= 0.6 is 23.4 Å². The van der Waals surface area contributed by atoms with E-state index in [1.807, 2.05) is 6.92 Å². The minimum atomic E-state index is -1.60. The highest BCUT2D eigenvalue weighted by Gasteiger charge is 2.58. The molecular weight excluding hydrogens is 487 g/mol. The summed E-state index contributed by atoms with van der Waals surface area (Å²) in [6.45, 7) is 3.98. The van der Waals surface area contributed by atoms with Gasteiger partial charge >= 0.3 is 0 Å². The van der Waals surface area contributed by atoms with Gasteiger partial charge in [0.05, 0.1) is 10.6 Å². The first-order valence-electron chi connectivity index (χ1n) is 11.3. The van der Waals surface area contributed by atoms with Crippen molar-refractivity contribution >= 4 is 35.0 Å². The number of hydrogen-bond donors (Lipinski definition) is 3. The maximum atomic E-state index is 13.5. The minimum Gasteiger partial charge on any atom is -0.396 e.